The van der Waals surface area contributed by atoms with Gasteiger partial charge in [-0.15, -0.1) is 0 Å². The molecule has 1 fully saturated rings. The van der Waals surface area contributed by atoms with Crippen LogP contribution < -0.4 is 5.32 Å². The van der Waals surface area contributed by atoms with Crippen LogP contribution in [0.5, 0.6) is 0 Å². The fraction of sp³-hybridized carbons (Fsp3) is 0.421. The van der Waals surface area contributed by atoms with Crippen LogP contribution in [0.4, 0.5) is 5.69 Å². The number of hydrogen-bond acceptors (Lipinski definition) is 5. The van der Waals surface area contributed by atoms with Crippen LogP contribution in [0.3, 0.4) is 0 Å². The largest absolute Gasteiger partial charge is 0.465 e. The monoisotopic (exact) mass is 343 g/mol. The molecule has 1 aromatic carbocycles. The molecule has 3 atom stereocenters. The van der Waals surface area contributed by atoms with Crippen LogP contribution in [0.15, 0.2) is 36.4 Å². The van der Waals surface area contributed by atoms with Gasteiger partial charge in [0.1, 0.15) is 0 Å². The third kappa shape index (κ3) is 3.73. The number of carbonyl (C=O) groups excluding carboxylic acids is 3. The second-order valence-electron chi connectivity index (χ2n) is 6.20. The van der Waals surface area contributed by atoms with Gasteiger partial charge in [-0.2, -0.15) is 0 Å². The molecule has 132 valence electrons. The predicted molar refractivity (Wildman–Crippen MR) is 90.8 cm³/mol. The molecule has 0 aromatic heterocycles. The third-order valence-electron chi connectivity index (χ3n) is 4.64. The topological polar surface area (TPSA) is 81.7 Å². The van der Waals surface area contributed by atoms with Crippen molar-refractivity contribution in [1.82, 2.24) is 0 Å². The third-order valence-corrected chi connectivity index (χ3v) is 4.64. The minimum Gasteiger partial charge on any atom is -0.465 e. The van der Waals surface area contributed by atoms with Crippen LogP contribution in [0, 0.1) is 17.8 Å². The Balaban J connectivity index is 1.68. The zero-order valence-electron chi connectivity index (χ0n) is 14.1. The number of rotatable bonds is 4. The van der Waals surface area contributed by atoms with Gasteiger partial charge in [-0.25, -0.2) is 4.79 Å². The predicted octanol–water partition coefficient (Wildman–Crippen LogP) is 2.56. The molecule has 0 saturated carbocycles. The van der Waals surface area contributed by atoms with Gasteiger partial charge >= 0.3 is 11.9 Å². The Hall–Kier alpha value is -2.63. The molecule has 1 N–H and O–H groups in total. The fourth-order valence-corrected chi connectivity index (χ4v) is 3.38. The summed E-state index contributed by atoms with van der Waals surface area (Å²) in [5.41, 5.74) is 1.00. The van der Waals surface area contributed by atoms with Crippen molar-refractivity contribution < 1.29 is 23.9 Å². The van der Waals surface area contributed by atoms with Gasteiger partial charge in [-0.1, -0.05) is 12.2 Å². The Bertz CT molecular complexity index is 694. The Morgan fingerprint density at radius 3 is 2.76 bits per heavy atom. The summed E-state index contributed by atoms with van der Waals surface area (Å²) in [7, 11) is 0. The second-order valence-corrected chi connectivity index (χ2v) is 6.20. The maximum Gasteiger partial charge on any atom is 0.338 e. The molecule has 1 aliphatic heterocycles. The molecule has 25 heavy (non-hydrogen) atoms. The maximum absolute atomic E-state index is 12.6. The number of amides is 1. The first kappa shape index (κ1) is 17.2. The Morgan fingerprint density at radius 2 is 2.04 bits per heavy atom. The molecule has 1 amide bonds. The van der Waals surface area contributed by atoms with Gasteiger partial charge in [0.25, 0.3) is 0 Å². The zero-order valence-corrected chi connectivity index (χ0v) is 14.1. The number of esters is 2. The van der Waals surface area contributed by atoms with E-state index in [1.807, 2.05) is 12.2 Å². The van der Waals surface area contributed by atoms with Gasteiger partial charge < -0.3 is 14.8 Å². The van der Waals surface area contributed by atoms with Crippen molar-refractivity contribution in [3.63, 3.8) is 0 Å². The average molecular weight is 343 g/mol. The normalized spacial score (nSPS) is 24.8. The van der Waals surface area contributed by atoms with Crippen LogP contribution in [-0.4, -0.2) is 31.1 Å². The van der Waals surface area contributed by atoms with Gasteiger partial charge in [0.05, 0.1) is 30.6 Å². The molecule has 1 aliphatic carbocycles. The van der Waals surface area contributed by atoms with Crippen LogP contribution in [-0.2, 0) is 19.1 Å². The van der Waals surface area contributed by atoms with Gasteiger partial charge in [0, 0.05) is 5.69 Å². The molecular formula is C19H21NO5. The number of nitrogens with one attached hydrogen (secondary N) is 1. The van der Waals surface area contributed by atoms with E-state index in [4.69, 9.17) is 9.47 Å². The first-order valence-electron chi connectivity index (χ1n) is 8.51. The summed E-state index contributed by atoms with van der Waals surface area (Å²) in [6.07, 6.45) is 5.25. The van der Waals surface area contributed by atoms with E-state index >= 15 is 0 Å². The molecule has 0 radical (unpaired) electrons. The van der Waals surface area contributed by atoms with Gasteiger partial charge in [0.15, 0.2) is 0 Å². The molecular weight excluding hydrogens is 322 g/mol. The molecule has 1 heterocycles. The van der Waals surface area contributed by atoms with E-state index in [9.17, 15) is 14.4 Å². The van der Waals surface area contributed by atoms with Crippen molar-refractivity contribution in [3.8, 4) is 0 Å². The summed E-state index contributed by atoms with van der Waals surface area (Å²) >= 11 is 0. The summed E-state index contributed by atoms with van der Waals surface area (Å²) in [6.45, 7) is 2.47. The van der Waals surface area contributed by atoms with Crippen molar-refractivity contribution in [3.05, 3.63) is 42.0 Å². The first-order chi connectivity index (χ1) is 12.1. The van der Waals surface area contributed by atoms with Crippen molar-refractivity contribution in [2.24, 2.45) is 17.8 Å². The molecule has 3 rings (SSSR count). The molecule has 1 aromatic rings. The highest BCUT2D eigenvalue weighted by Crippen LogP contribution is 2.36. The highest BCUT2D eigenvalue weighted by Gasteiger charge is 2.43. The van der Waals surface area contributed by atoms with E-state index in [2.05, 4.69) is 5.32 Å². The van der Waals surface area contributed by atoms with E-state index in [1.165, 1.54) is 0 Å². The van der Waals surface area contributed by atoms with E-state index in [-0.39, 0.29) is 17.8 Å². The quantitative estimate of drug-likeness (QED) is 0.671. The molecule has 2 aliphatic rings. The van der Waals surface area contributed by atoms with Crippen molar-refractivity contribution >= 4 is 23.5 Å². The highest BCUT2D eigenvalue weighted by molar-refractivity contribution is 5.96. The number of cyclic esters (lactones) is 1. The summed E-state index contributed by atoms with van der Waals surface area (Å²) in [6, 6.07) is 6.51. The van der Waals surface area contributed by atoms with Crippen LogP contribution in [0.25, 0.3) is 0 Å². The lowest BCUT2D eigenvalue weighted by atomic mass is 9.73. The van der Waals surface area contributed by atoms with Crippen molar-refractivity contribution in [2.75, 3.05) is 18.5 Å². The Morgan fingerprint density at radius 1 is 1.28 bits per heavy atom. The summed E-state index contributed by atoms with van der Waals surface area (Å²) in [5.74, 6) is -1.69. The number of ether oxygens (including phenoxy) is 2. The molecule has 1 unspecified atom stereocenters. The number of anilines is 1. The summed E-state index contributed by atoms with van der Waals surface area (Å²) in [5, 5.41) is 2.83. The Kier molecular flexibility index (Phi) is 5.16. The maximum atomic E-state index is 12.6. The SMILES string of the molecule is CCOC(=O)c1ccc(NC(=O)C2CC=C[C@@H]3CCOC(=O)[C@H]23)cc1. The fourth-order valence-electron chi connectivity index (χ4n) is 3.38. The number of carbonyl (C=O) groups is 3. The van der Waals surface area contributed by atoms with Crippen LogP contribution in [0.1, 0.15) is 30.1 Å². The molecule has 6 heteroatoms. The highest BCUT2D eigenvalue weighted by atomic mass is 16.5. The van der Waals surface area contributed by atoms with Gasteiger partial charge in [-0.3, -0.25) is 9.59 Å². The summed E-state index contributed by atoms with van der Waals surface area (Å²) in [4.78, 5) is 36.4. The lowest BCUT2D eigenvalue weighted by Crippen LogP contribution is -2.43. The van der Waals surface area contributed by atoms with E-state index in [0.717, 1.165) is 6.42 Å². The Labute approximate surface area is 146 Å². The average Bonchev–Trinajstić information content (AvgIpc) is 2.62. The number of hydrogen-bond donors (Lipinski definition) is 1. The minimum atomic E-state index is -0.437. The molecule has 1 saturated heterocycles. The number of allylic oxidation sites excluding steroid dienone is 2. The molecule has 0 spiro atoms. The first-order valence-corrected chi connectivity index (χ1v) is 8.51. The standard InChI is InChI=1S/C19H21NO5/c1-2-24-18(22)13-6-8-14(9-7-13)20-17(21)15-5-3-4-12-10-11-25-19(23)16(12)15/h3-4,6-9,12,15-16H,2,5,10-11H2,1H3,(H,20,21)/t12-,15?,16+/m1/s1. The van der Waals surface area contributed by atoms with E-state index in [1.54, 1.807) is 31.2 Å². The molecule has 6 nitrogen and oxygen atoms in total. The summed E-state index contributed by atoms with van der Waals surface area (Å²) < 4.78 is 10.1. The number of fused-ring (bicyclic) bond motifs is 1. The van der Waals surface area contributed by atoms with Crippen molar-refractivity contribution in [2.45, 2.75) is 19.8 Å². The van der Waals surface area contributed by atoms with E-state index < -0.39 is 17.8 Å². The van der Waals surface area contributed by atoms with Gasteiger partial charge in [0.2, 0.25) is 5.91 Å². The van der Waals surface area contributed by atoms with E-state index in [0.29, 0.717) is 30.9 Å². The lowest BCUT2D eigenvalue weighted by molar-refractivity contribution is -0.160. The second kappa shape index (κ2) is 7.51. The van der Waals surface area contributed by atoms with Gasteiger partial charge in [-0.05, 0) is 49.9 Å². The smallest absolute Gasteiger partial charge is 0.338 e. The lowest BCUT2D eigenvalue weighted by Gasteiger charge is -2.35. The zero-order chi connectivity index (χ0) is 17.8. The minimum absolute atomic E-state index is 0.0666. The van der Waals surface area contributed by atoms with Crippen molar-refractivity contribution in [1.29, 1.82) is 0 Å². The molecule has 0 bridgehead atoms. The van der Waals surface area contributed by atoms with Crippen LogP contribution >= 0.6 is 0 Å². The van der Waals surface area contributed by atoms with Crippen LogP contribution in [0.2, 0.25) is 0 Å². The number of benzene rings is 1.